The van der Waals surface area contributed by atoms with Crippen LogP contribution in [0.1, 0.15) is 20.3 Å². The molecule has 0 aromatic heterocycles. The van der Waals surface area contributed by atoms with Crippen LogP contribution >= 0.6 is 0 Å². The highest BCUT2D eigenvalue weighted by molar-refractivity contribution is 5.81. The summed E-state index contributed by atoms with van der Waals surface area (Å²) in [6.45, 7) is 3.80. The Hall–Kier alpha value is -0.600. The Bertz CT molecular complexity index is 101. The second-order valence-corrected chi connectivity index (χ2v) is 2.55. The zero-order chi connectivity index (χ0) is 7.44. The first-order valence-electron chi connectivity index (χ1n) is 3.02. The van der Waals surface area contributed by atoms with Crippen molar-refractivity contribution in [3.63, 3.8) is 0 Å². The summed E-state index contributed by atoms with van der Waals surface area (Å²) in [5.41, 5.74) is 4.89. The Morgan fingerprint density at radius 1 is 1.67 bits per heavy atom. The minimum atomic E-state index is -1.25. The van der Waals surface area contributed by atoms with Crippen molar-refractivity contribution < 1.29 is 4.39 Å². The zero-order valence-electron chi connectivity index (χ0n) is 5.82. The molecular formula is C6H13FN2. The van der Waals surface area contributed by atoms with E-state index < -0.39 is 6.17 Å². The van der Waals surface area contributed by atoms with E-state index >= 15 is 0 Å². The van der Waals surface area contributed by atoms with Crippen LogP contribution in [0, 0.1) is 11.3 Å². The highest BCUT2D eigenvalue weighted by Gasteiger charge is 2.10. The normalized spacial score (nSPS) is 13.8. The maximum absolute atomic E-state index is 12.4. The van der Waals surface area contributed by atoms with Crippen molar-refractivity contribution in [3.8, 4) is 0 Å². The molecule has 0 fully saturated rings. The number of alkyl halides is 1. The number of nitrogens with one attached hydrogen (secondary N) is 1. The van der Waals surface area contributed by atoms with Gasteiger partial charge in [0, 0.05) is 0 Å². The maximum Gasteiger partial charge on any atom is 0.157 e. The van der Waals surface area contributed by atoms with Crippen molar-refractivity contribution in [2.75, 3.05) is 0 Å². The average molecular weight is 132 g/mol. The molecule has 0 aliphatic heterocycles. The molecule has 0 aromatic carbocycles. The first-order valence-corrected chi connectivity index (χ1v) is 3.02. The molecule has 0 amide bonds. The van der Waals surface area contributed by atoms with Crippen LogP contribution in [-0.2, 0) is 0 Å². The summed E-state index contributed by atoms with van der Waals surface area (Å²) < 4.78 is 12.4. The second-order valence-electron chi connectivity index (χ2n) is 2.55. The van der Waals surface area contributed by atoms with Crippen LogP contribution in [0.25, 0.3) is 0 Å². The van der Waals surface area contributed by atoms with E-state index in [1.807, 2.05) is 13.8 Å². The van der Waals surface area contributed by atoms with E-state index in [1.54, 1.807) is 0 Å². The average Bonchev–Trinajstić information content (AvgIpc) is 1.63. The number of hydrogen-bond donors (Lipinski definition) is 2. The van der Waals surface area contributed by atoms with Crippen LogP contribution in [0.4, 0.5) is 4.39 Å². The van der Waals surface area contributed by atoms with Crippen molar-refractivity contribution in [1.82, 2.24) is 0 Å². The predicted octanol–water partition coefficient (Wildman–Crippen LogP) is 1.31. The largest absolute Gasteiger partial charge is 0.385 e. The van der Waals surface area contributed by atoms with Crippen molar-refractivity contribution in [3.05, 3.63) is 0 Å². The van der Waals surface area contributed by atoms with E-state index in [1.165, 1.54) is 0 Å². The second kappa shape index (κ2) is 3.43. The number of rotatable bonds is 3. The monoisotopic (exact) mass is 132 g/mol. The van der Waals surface area contributed by atoms with Gasteiger partial charge < -0.3 is 5.73 Å². The van der Waals surface area contributed by atoms with Gasteiger partial charge in [-0.3, -0.25) is 5.41 Å². The highest BCUT2D eigenvalue weighted by atomic mass is 19.1. The fourth-order valence-electron chi connectivity index (χ4n) is 0.541. The Labute approximate surface area is 54.8 Å². The number of amidine groups is 1. The Morgan fingerprint density at radius 3 is 2.22 bits per heavy atom. The van der Waals surface area contributed by atoms with Crippen molar-refractivity contribution in [2.24, 2.45) is 11.7 Å². The lowest BCUT2D eigenvalue weighted by atomic mass is 10.1. The topological polar surface area (TPSA) is 49.9 Å². The van der Waals surface area contributed by atoms with Gasteiger partial charge >= 0.3 is 0 Å². The molecule has 0 bridgehead atoms. The van der Waals surface area contributed by atoms with Crippen LogP contribution < -0.4 is 5.73 Å². The number of halogens is 1. The first kappa shape index (κ1) is 8.40. The molecule has 0 aliphatic carbocycles. The van der Waals surface area contributed by atoms with Gasteiger partial charge in [-0.15, -0.1) is 0 Å². The van der Waals surface area contributed by atoms with Gasteiger partial charge in [0.2, 0.25) is 0 Å². The molecule has 1 unspecified atom stereocenters. The third-order valence-corrected chi connectivity index (χ3v) is 1.02. The van der Waals surface area contributed by atoms with E-state index in [9.17, 15) is 4.39 Å². The fourth-order valence-corrected chi connectivity index (χ4v) is 0.541. The summed E-state index contributed by atoms with van der Waals surface area (Å²) in [4.78, 5) is 0. The molecule has 0 heterocycles. The summed E-state index contributed by atoms with van der Waals surface area (Å²) in [6, 6.07) is 0. The maximum atomic E-state index is 12.4. The molecule has 1 atom stereocenters. The highest BCUT2D eigenvalue weighted by Crippen LogP contribution is 2.06. The minimum absolute atomic E-state index is 0.267. The molecule has 3 N–H and O–H groups in total. The van der Waals surface area contributed by atoms with E-state index in [2.05, 4.69) is 0 Å². The lowest BCUT2D eigenvalue weighted by Gasteiger charge is -2.07. The lowest BCUT2D eigenvalue weighted by Crippen LogP contribution is -2.24. The van der Waals surface area contributed by atoms with Crippen LogP contribution in [0.15, 0.2) is 0 Å². The smallest absolute Gasteiger partial charge is 0.157 e. The molecule has 0 radical (unpaired) electrons. The van der Waals surface area contributed by atoms with Gasteiger partial charge in [0.05, 0.1) is 0 Å². The number of nitrogens with two attached hydrogens (primary N) is 1. The van der Waals surface area contributed by atoms with Crippen LogP contribution in [0.3, 0.4) is 0 Å². The quantitative estimate of drug-likeness (QED) is 0.441. The van der Waals surface area contributed by atoms with Gasteiger partial charge in [-0.25, -0.2) is 4.39 Å². The molecule has 0 spiro atoms. The summed E-state index contributed by atoms with van der Waals surface area (Å²) in [7, 11) is 0. The summed E-state index contributed by atoms with van der Waals surface area (Å²) in [5.74, 6) is -0.0902. The van der Waals surface area contributed by atoms with Crippen LogP contribution in [0.5, 0.6) is 0 Å². The molecule has 0 rings (SSSR count). The summed E-state index contributed by atoms with van der Waals surface area (Å²) >= 11 is 0. The van der Waals surface area contributed by atoms with Gasteiger partial charge in [0.25, 0.3) is 0 Å². The van der Waals surface area contributed by atoms with E-state index in [-0.39, 0.29) is 11.8 Å². The standard InChI is InChI=1S/C6H13FN2/c1-4(2)3-5(7)6(8)9/h4-5H,3H2,1-2H3,(H3,8,9). The summed E-state index contributed by atoms with van der Waals surface area (Å²) in [6.07, 6.45) is -0.889. The van der Waals surface area contributed by atoms with Crippen molar-refractivity contribution in [2.45, 2.75) is 26.4 Å². The molecule has 9 heavy (non-hydrogen) atoms. The molecule has 0 saturated heterocycles. The van der Waals surface area contributed by atoms with Gasteiger partial charge in [0.1, 0.15) is 5.84 Å². The molecule has 0 saturated carbocycles. The Kier molecular flexibility index (Phi) is 3.20. The van der Waals surface area contributed by atoms with Crippen molar-refractivity contribution in [1.29, 1.82) is 5.41 Å². The fraction of sp³-hybridized carbons (Fsp3) is 0.833. The van der Waals surface area contributed by atoms with Gasteiger partial charge in [-0.05, 0) is 12.3 Å². The van der Waals surface area contributed by atoms with E-state index in [0.29, 0.717) is 6.42 Å². The third-order valence-electron chi connectivity index (χ3n) is 1.02. The van der Waals surface area contributed by atoms with Crippen LogP contribution in [-0.4, -0.2) is 12.0 Å². The summed E-state index contributed by atoms with van der Waals surface area (Å²) in [5, 5.41) is 6.70. The van der Waals surface area contributed by atoms with E-state index in [0.717, 1.165) is 0 Å². The SMILES string of the molecule is CC(C)CC(F)C(=N)N. The number of hydrogen-bond acceptors (Lipinski definition) is 1. The van der Waals surface area contributed by atoms with Gasteiger partial charge in [0.15, 0.2) is 6.17 Å². The first-order chi connectivity index (χ1) is 4.04. The third kappa shape index (κ3) is 3.94. The van der Waals surface area contributed by atoms with E-state index in [4.69, 9.17) is 11.1 Å². The van der Waals surface area contributed by atoms with Crippen molar-refractivity contribution >= 4 is 5.84 Å². The predicted molar refractivity (Wildman–Crippen MR) is 36.3 cm³/mol. The Balaban J connectivity index is 3.50. The lowest BCUT2D eigenvalue weighted by molar-refractivity contribution is 0.356. The van der Waals surface area contributed by atoms with Crippen LogP contribution in [0.2, 0.25) is 0 Å². The molecule has 0 aliphatic rings. The minimum Gasteiger partial charge on any atom is -0.385 e. The molecule has 54 valence electrons. The molecule has 2 nitrogen and oxygen atoms in total. The zero-order valence-corrected chi connectivity index (χ0v) is 5.82. The Morgan fingerprint density at radius 2 is 2.11 bits per heavy atom. The molecule has 3 heteroatoms. The molecule has 0 aromatic rings. The molecular weight excluding hydrogens is 119 g/mol. The van der Waals surface area contributed by atoms with Gasteiger partial charge in [-0.1, -0.05) is 13.8 Å². The van der Waals surface area contributed by atoms with Gasteiger partial charge in [-0.2, -0.15) is 0 Å².